The van der Waals surface area contributed by atoms with Gasteiger partial charge in [0.25, 0.3) is 11.7 Å². The number of aliphatic carboxylic acids is 1. The summed E-state index contributed by atoms with van der Waals surface area (Å²) in [5, 5.41) is 20.8. The van der Waals surface area contributed by atoms with Crippen molar-refractivity contribution >= 4 is 29.1 Å². The summed E-state index contributed by atoms with van der Waals surface area (Å²) in [6, 6.07) is 18.6. The lowest BCUT2D eigenvalue weighted by atomic mass is 9.84. The van der Waals surface area contributed by atoms with Gasteiger partial charge in [-0.3, -0.25) is 19.3 Å². The summed E-state index contributed by atoms with van der Waals surface area (Å²) in [6.45, 7) is 10.5. The van der Waals surface area contributed by atoms with Gasteiger partial charge in [-0.1, -0.05) is 64.1 Å². The van der Waals surface area contributed by atoms with Gasteiger partial charge in [-0.2, -0.15) is 0 Å². The van der Waals surface area contributed by atoms with Crippen molar-refractivity contribution in [3.8, 4) is 5.75 Å². The summed E-state index contributed by atoms with van der Waals surface area (Å²) in [5.41, 5.74) is 3.74. The Labute approximate surface area is 234 Å². The van der Waals surface area contributed by atoms with E-state index >= 15 is 0 Å². The topological polar surface area (TPSA) is 104 Å². The molecule has 0 radical (unpaired) electrons. The van der Waals surface area contributed by atoms with Gasteiger partial charge in [0.05, 0.1) is 24.6 Å². The monoisotopic (exact) mass is 541 g/mol. The summed E-state index contributed by atoms with van der Waals surface area (Å²) in [7, 11) is 0. The Morgan fingerprint density at radius 2 is 1.52 bits per heavy atom. The van der Waals surface area contributed by atoms with Crippen LogP contribution >= 0.6 is 0 Å². The van der Waals surface area contributed by atoms with E-state index < -0.39 is 23.7 Å². The molecule has 0 bridgehead atoms. The van der Waals surface area contributed by atoms with Crippen molar-refractivity contribution in [1.82, 2.24) is 0 Å². The van der Waals surface area contributed by atoms with E-state index in [0.717, 1.165) is 17.5 Å². The lowest BCUT2D eigenvalue weighted by molar-refractivity contribution is -0.136. The average molecular weight is 542 g/mol. The van der Waals surface area contributed by atoms with Crippen LogP contribution in [0.3, 0.4) is 0 Å². The maximum atomic E-state index is 13.6. The molecular weight excluding hydrogens is 506 g/mol. The smallest absolute Gasteiger partial charge is 0.307 e. The minimum absolute atomic E-state index is 0.00659. The molecule has 0 saturated carbocycles. The van der Waals surface area contributed by atoms with E-state index in [1.165, 1.54) is 4.90 Å². The number of carboxylic acids is 1. The van der Waals surface area contributed by atoms with E-state index in [2.05, 4.69) is 0 Å². The van der Waals surface area contributed by atoms with Crippen molar-refractivity contribution in [2.45, 2.75) is 58.9 Å². The predicted molar refractivity (Wildman–Crippen MR) is 155 cm³/mol. The number of rotatable bonds is 8. The highest BCUT2D eigenvalue weighted by molar-refractivity contribution is 6.51. The molecule has 1 heterocycles. The molecule has 1 amide bonds. The second kappa shape index (κ2) is 11.4. The quantitative estimate of drug-likeness (QED) is 0.200. The fourth-order valence-corrected chi connectivity index (χ4v) is 5.00. The van der Waals surface area contributed by atoms with Crippen molar-refractivity contribution in [2.75, 3.05) is 11.5 Å². The molecule has 1 unspecified atom stereocenters. The minimum Gasteiger partial charge on any atom is -0.507 e. The molecule has 1 aliphatic heterocycles. The highest BCUT2D eigenvalue weighted by Gasteiger charge is 2.47. The molecule has 0 spiro atoms. The molecule has 4 rings (SSSR count). The van der Waals surface area contributed by atoms with Crippen molar-refractivity contribution in [1.29, 1.82) is 0 Å². The molecule has 1 fully saturated rings. The molecule has 7 heteroatoms. The van der Waals surface area contributed by atoms with Gasteiger partial charge in [-0.05, 0) is 65.8 Å². The van der Waals surface area contributed by atoms with E-state index in [1.54, 1.807) is 36.4 Å². The third-order valence-electron chi connectivity index (χ3n) is 7.08. The van der Waals surface area contributed by atoms with Gasteiger partial charge in [0, 0.05) is 16.8 Å². The number of hydrogen-bond acceptors (Lipinski definition) is 5. The maximum Gasteiger partial charge on any atom is 0.307 e. The fraction of sp³-hybridized carbons (Fsp3) is 0.303. The number of aliphatic hydroxyl groups is 1. The summed E-state index contributed by atoms with van der Waals surface area (Å²) in [6.07, 6.45) is 0.669. The van der Waals surface area contributed by atoms with Crippen LogP contribution < -0.4 is 9.64 Å². The van der Waals surface area contributed by atoms with Crippen molar-refractivity contribution < 1.29 is 29.3 Å². The van der Waals surface area contributed by atoms with Crippen LogP contribution in [-0.4, -0.2) is 34.5 Å². The number of aliphatic hydroxyl groups excluding tert-OH is 1. The number of ether oxygens (including phenoxy) is 1. The van der Waals surface area contributed by atoms with E-state index in [-0.39, 0.29) is 23.2 Å². The van der Waals surface area contributed by atoms with Crippen LogP contribution in [0.15, 0.2) is 72.3 Å². The molecule has 1 aliphatic rings. The first-order valence-corrected chi connectivity index (χ1v) is 13.4. The molecule has 2 N–H and O–H groups in total. The van der Waals surface area contributed by atoms with Crippen LogP contribution in [-0.2, 0) is 32.6 Å². The Balaban J connectivity index is 1.90. The van der Waals surface area contributed by atoms with Crippen molar-refractivity contribution in [3.63, 3.8) is 0 Å². The van der Waals surface area contributed by atoms with Gasteiger partial charge in [0.15, 0.2) is 0 Å². The fourth-order valence-electron chi connectivity index (χ4n) is 5.00. The number of amides is 1. The molecular formula is C33H35NO6. The number of aryl methyl sites for hydroxylation is 1. The number of carbonyl (C=O) groups excluding carboxylic acids is 2. The Bertz CT molecular complexity index is 1460. The van der Waals surface area contributed by atoms with E-state index in [4.69, 9.17) is 9.84 Å². The first kappa shape index (κ1) is 28.6. The Kier molecular flexibility index (Phi) is 8.14. The molecule has 0 aromatic heterocycles. The highest BCUT2D eigenvalue weighted by Crippen LogP contribution is 2.43. The van der Waals surface area contributed by atoms with Gasteiger partial charge in [-0.25, -0.2) is 0 Å². The van der Waals surface area contributed by atoms with Gasteiger partial charge in [-0.15, -0.1) is 0 Å². The number of hydrogen-bond donors (Lipinski definition) is 2. The van der Waals surface area contributed by atoms with E-state index in [1.807, 2.05) is 65.0 Å². The van der Waals surface area contributed by atoms with Crippen molar-refractivity contribution in [3.05, 3.63) is 100 Å². The second-order valence-corrected chi connectivity index (χ2v) is 10.9. The van der Waals surface area contributed by atoms with Gasteiger partial charge >= 0.3 is 5.97 Å². The zero-order chi connectivity index (χ0) is 29.2. The third-order valence-corrected chi connectivity index (χ3v) is 7.08. The molecule has 40 heavy (non-hydrogen) atoms. The average Bonchev–Trinajstić information content (AvgIpc) is 3.18. The number of nitrogens with zero attached hydrogens (tertiary/aromatic N) is 1. The Hall–Kier alpha value is -4.39. The summed E-state index contributed by atoms with van der Waals surface area (Å²) in [4.78, 5) is 39.6. The first-order valence-electron chi connectivity index (χ1n) is 13.4. The molecule has 0 aliphatic carbocycles. The third kappa shape index (κ3) is 5.64. The SMILES string of the molecule is CCOc1ccc(/C(O)=C2/C(=O)C(=O)N(c3ccc(CC(=O)O)cc3)C2c2ccc(CC)cc2)cc1C(C)(C)C. The van der Waals surface area contributed by atoms with Crippen molar-refractivity contribution in [2.24, 2.45) is 0 Å². The van der Waals surface area contributed by atoms with Gasteiger partial charge in [0.2, 0.25) is 0 Å². The number of anilines is 1. The maximum absolute atomic E-state index is 13.6. The summed E-state index contributed by atoms with van der Waals surface area (Å²) in [5.74, 6) is -2.09. The Morgan fingerprint density at radius 3 is 2.08 bits per heavy atom. The van der Waals surface area contributed by atoms with Crippen LogP contribution in [0.25, 0.3) is 5.76 Å². The number of carbonyl (C=O) groups is 3. The molecule has 1 saturated heterocycles. The second-order valence-electron chi connectivity index (χ2n) is 10.9. The zero-order valence-electron chi connectivity index (χ0n) is 23.5. The van der Waals surface area contributed by atoms with Crippen LogP contribution in [0, 0.1) is 0 Å². The highest BCUT2D eigenvalue weighted by atomic mass is 16.5. The minimum atomic E-state index is -0.964. The number of benzene rings is 3. The first-order chi connectivity index (χ1) is 19.0. The van der Waals surface area contributed by atoms with Gasteiger partial charge < -0.3 is 14.9 Å². The predicted octanol–water partition coefficient (Wildman–Crippen LogP) is 6.20. The van der Waals surface area contributed by atoms with Crippen LogP contribution in [0.5, 0.6) is 5.75 Å². The summed E-state index contributed by atoms with van der Waals surface area (Å²) < 4.78 is 5.82. The van der Waals surface area contributed by atoms with E-state index in [9.17, 15) is 19.5 Å². The Morgan fingerprint density at radius 1 is 0.900 bits per heavy atom. The number of ketones is 1. The number of carboxylic acid groups (broad SMARTS) is 1. The molecule has 1 atom stereocenters. The van der Waals surface area contributed by atoms with Crippen LogP contribution in [0.4, 0.5) is 5.69 Å². The number of Topliss-reactive ketones (excluding diaryl/α,β-unsaturated/α-hetero) is 1. The molecule has 208 valence electrons. The summed E-state index contributed by atoms with van der Waals surface area (Å²) >= 11 is 0. The molecule has 7 nitrogen and oxygen atoms in total. The van der Waals surface area contributed by atoms with E-state index in [0.29, 0.717) is 34.7 Å². The van der Waals surface area contributed by atoms with Crippen LogP contribution in [0.1, 0.15) is 68.5 Å². The normalized spacial score (nSPS) is 16.8. The van der Waals surface area contributed by atoms with Crippen LogP contribution in [0.2, 0.25) is 0 Å². The molecule has 3 aromatic rings. The zero-order valence-corrected chi connectivity index (χ0v) is 23.5. The standard InChI is InChI=1S/C33H35NO6/c1-6-20-8-12-22(13-9-20)29-28(30(37)23-14-17-26(40-7-2)25(19-23)33(3,4)5)31(38)32(39)34(29)24-15-10-21(11-16-24)18-27(35)36/h8-17,19,29,37H,6-7,18H2,1-5H3,(H,35,36)/b30-28-. The molecule has 3 aromatic carbocycles. The lowest BCUT2D eigenvalue weighted by Crippen LogP contribution is -2.29. The lowest BCUT2D eigenvalue weighted by Gasteiger charge is -2.26. The largest absolute Gasteiger partial charge is 0.507 e. The van der Waals surface area contributed by atoms with Gasteiger partial charge in [0.1, 0.15) is 11.5 Å².